The molecule has 1 aliphatic rings. The van der Waals surface area contributed by atoms with Gasteiger partial charge in [-0.2, -0.15) is 0 Å². The number of rotatable bonds is 12. The molecule has 2 nitrogen and oxygen atoms in total. The smallest absolute Gasteiger partial charge is 0.0560 e. The molecule has 11 rings (SSSR count). The van der Waals surface area contributed by atoms with E-state index in [2.05, 4.69) is 295 Å². The number of anilines is 5. The Bertz CT molecular complexity index is 3210. The van der Waals surface area contributed by atoms with Gasteiger partial charge in [0.05, 0.1) is 11.7 Å². The Balaban J connectivity index is 0.923. The molecule has 0 bridgehead atoms. The predicted octanol–water partition coefficient (Wildman–Crippen LogP) is 18.0. The summed E-state index contributed by atoms with van der Waals surface area (Å²) in [4.78, 5) is 4.88. The van der Waals surface area contributed by atoms with Gasteiger partial charge in [0.25, 0.3) is 0 Å². The fraction of sp³-hybridized carbons (Fsp3) is 0.0303. The van der Waals surface area contributed by atoms with Gasteiger partial charge in [-0.3, -0.25) is 0 Å². The number of hydrogen-bond acceptors (Lipinski definition) is 2. The highest BCUT2D eigenvalue weighted by Gasteiger charge is 2.23. The predicted molar refractivity (Wildman–Crippen MR) is 289 cm³/mol. The minimum absolute atomic E-state index is 0.132. The maximum Gasteiger partial charge on any atom is 0.0560 e. The van der Waals surface area contributed by atoms with Crippen LogP contribution in [0.5, 0.6) is 0 Å². The molecule has 0 saturated heterocycles. The molecule has 1 atom stereocenters. The fourth-order valence-electron chi connectivity index (χ4n) is 9.49. The van der Waals surface area contributed by atoms with Gasteiger partial charge in [-0.05, 0) is 128 Å². The molecule has 0 N–H and O–H groups in total. The zero-order valence-corrected chi connectivity index (χ0v) is 37.8. The van der Waals surface area contributed by atoms with Crippen molar-refractivity contribution in [2.75, 3.05) is 9.80 Å². The minimum Gasteiger partial charge on any atom is -0.334 e. The van der Waals surface area contributed by atoms with E-state index < -0.39 is 0 Å². The van der Waals surface area contributed by atoms with Crippen molar-refractivity contribution in [3.05, 3.63) is 291 Å². The molecule has 1 aliphatic carbocycles. The van der Waals surface area contributed by atoms with Gasteiger partial charge in [0.1, 0.15) is 0 Å². The van der Waals surface area contributed by atoms with E-state index in [1.807, 2.05) is 0 Å². The largest absolute Gasteiger partial charge is 0.334 e. The van der Waals surface area contributed by atoms with Crippen LogP contribution in [0, 0.1) is 0 Å². The second-order valence-electron chi connectivity index (χ2n) is 17.3. The van der Waals surface area contributed by atoms with Crippen LogP contribution in [0.2, 0.25) is 0 Å². The third-order valence-electron chi connectivity index (χ3n) is 13.0. The molecule has 10 aromatic carbocycles. The van der Waals surface area contributed by atoms with Crippen LogP contribution in [-0.4, -0.2) is 6.04 Å². The van der Waals surface area contributed by atoms with Crippen molar-refractivity contribution in [2.45, 2.75) is 12.5 Å². The average molecular weight is 871 g/mol. The molecule has 0 radical (unpaired) electrons. The third-order valence-corrected chi connectivity index (χ3v) is 13.0. The third kappa shape index (κ3) is 8.96. The first-order chi connectivity index (χ1) is 33.7. The summed E-state index contributed by atoms with van der Waals surface area (Å²) in [5.41, 5.74) is 20.0. The Kier molecular flexibility index (Phi) is 12.0. The van der Waals surface area contributed by atoms with Crippen LogP contribution in [-0.2, 0) is 0 Å². The Morgan fingerprint density at radius 2 is 0.632 bits per heavy atom. The lowest BCUT2D eigenvalue weighted by molar-refractivity contribution is 0.787. The van der Waals surface area contributed by atoms with Crippen molar-refractivity contribution in [1.29, 1.82) is 0 Å². The Morgan fingerprint density at radius 3 is 1.03 bits per heavy atom. The summed E-state index contributed by atoms with van der Waals surface area (Å²) in [6.07, 6.45) is 7.95. The molecule has 2 heteroatoms. The number of nitrogens with zero attached hydrogens (tertiary/aromatic N) is 2. The van der Waals surface area contributed by atoms with Crippen molar-refractivity contribution in [3.63, 3.8) is 0 Å². The van der Waals surface area contributed by atoms with Crippen molar-refractivity contribution in [2.24, 2.45) is 0 Å². The summed E-state index contributed by atoms with van der Waals surface area (Å²) >= 11 is 0. The highest BCUT2D eigenvalue weighted by molar-refractivity contribution is 5.91. The van der Waals surface area contributed by atoms with E-state index in [9.17, 15) is 0 Å². The first kappa shape index (κ1) is 41.9. The summed E-state index contributed by atoms with van der Waals surface area (Å²) in [5.74, 6) is 0. The van der Waals surface area contributed by atoms with Crippen molar-refractivity contribution >= 4 is 34.0 Å². The van der Waals surface area contributed by atoms with Crippen LogP contribution in [0.4, 0.5) is 28.4 Å². The van der Waals surface area contributed by atoms with Gasteiger partial charge in [-0.1, -0.05) is 224 Å². The van der Waals surface area contributed by atoms with Crippen LogP contribution >= 0.6 is 0 Å². The molecule has 0 heterocycles. The molecule has 0 spiro atoms. The van der Waals surface area contributed by atoms with E-state index in [4.69, 9.17) is 0 Å². The number of hydrogen-bond donors (Lipinski definition) is 0. The van der Waals surface area contributed by atoms with Gasteiger partial charge in [0, 0.05) is 28.3 Å². The van der Waals surface area contributed by atoms with Crippen molar-refractivity contribution < 1.29 is 0 Å². The highest BCUT2D eigenvalue weighted by atomic mass is 15.2. The molecular weight excluding hydrogens is 821 g/mol. The minimum atomic E-state index is 0.132. The topological polar surface area (TPSA) is 6.48 Å². The quantitative estimate of drug-likeness (QED) is 0.121. The molecule has 1 unspecified atom stereocenters. The van der Waals surface area contributed by atoms with Gasteiger partial charge < -0.3 is 9.80 Å². The standard InChI is InChI=1S/C66H50N2/c1-6-16-49(17-7-1)53-26-37-60(38-27-53)67(61-39-28-54(29-40-61)50-18-8-2-9-19-50)62-41-30-56(31-42-62)57-34-45-64(46-35-57)68(63-43-32-55(33-44-63)51-20-10-3-11-21-51)66-47-36-59(52-22-12-4-13-23-52)48-65(66)58-24-14-5-15-25-58/h1-41,43-48,62H,42H2. The van der Waals surface area contributed by atoms with Gasteiger partial charge in [0.15, 0.2) is 0 Å². The first-order valence-corrected chi connectivity index (χ1v) is 23.5. The van der Waals surface area contributed by atoms with Gasteiger partial charge in [0.2, 0.25) is 0 Å². The van der Waals surface area contributed by atoms with Crippen molar-refractivity contribution in [3.8, 4) is 55.6 Å². The van der Waals surface area contributed by atoms with Crippen LogP contribution in [0.15, 0.2) is 285 Å². The summed E-state index contributed by atoms with van der Waals surface area (Å²) < 4.78 is 0. The summed E-state index contributed by atoms with van der Waals surface area (Å²) in [5, 5.41) is 0. The fourth-order valence-corrected chi connectivity index (χ4v) is 9.49. The van der Waals surface area contributed by atoms with Crippen LogP contribution in [0.3, 0.4) is 0 Å². The molecule has 68 heavy (non-hydrogen) atoms. The molecular formula is C66H50N2. The molecule has 0 fully saturated rings. The molecule has 0 amide bonds. The maximum atomic E-state index is 2.48. The van der Waals surface area contributed by atoms with E-state index >= 15 is 0 Å². The molecule has 0 aliphatic heterocycles. The monoisotopic (exact) mass is 870 g/mol. The zero-order chi connectivity index (χ0) is 45.5. The summed E-state index contributed by atoms with van der Waals surface area (Å²) in [6.45, 7) is 0. The van der Waals surface area contributed by atoms with Gasteiger partial charge >= 0.3 is 0 Å². The van der Waals surface area contributed by atoms with E-state index in [1.54, 1.807) is 0 Å². The number of allylic oxidation sites excluding steroid dienone is 2. The molecule has 0 aromatic heterocycles. The lowest BCUT2D eigenvalue weighted by atomic mass is 9.94. The lowest BCUT2D eigenvalue weighted by Crippen LogP contribution is -2.30. The number of benzene rings is 10. The van der Waals surface area contributed by atoms with E-state index in [0.717, 1.165) is 34.9 Å². The second kappa shape index (κ2) is 19.4. The Labute approximate surface area is 400 Å². The normalized spacial score (nSPS) is 13.1. The van der Waals surface area contributed by atoms with E-state index in [0.29, 0.717) is 0 Å². The van der Waals surface area contributed by atoms with E-state index in [1.165, 1.54) is 66.8 Å². The SMILES string of the molecule is C1=CC(N(c2ccc(-c3ccccc3)cc2)c2ccc(-c3ccccc3)cc2)CC=C1c1ccc(N(c2ccc(-c3ccccc3)cc2)c2ccc(-c3ccccc3)cc2-c2ccccc2)cc1. The Hall–Kier alpha value is -8.72. The van der Waals surface area contributed by atoms with Crippen LogP contribution in [0.1, 0.15) is 12.0 Å². The summed E-state index contributed by atoms with van der Waals surface area (Å²) in [7, 11) is 0. The molecule has 10 aromatic rings. The van der Waals surface area contributed by atoms with Crippen LogP contribution in [0.25, 0.3) is 61.2 Å². The zero-order valence-electron chi connectivity index (χ0n) is 37.8. The van der Waals surface area contributed by atoms with Crippen molar-refractivity contribution in [1.82, 2.24) is 0 Å². The second-order valence-corrected chi connectivity index (χ2v) is 17.3. The van der Waals surface area contributed by atoms with Gasteiger partial charge in [-0.15, -0.1) is 0 Å². The highest BCUT2D eigenvalue weighted by Crippen LogP contribution is 2.44. The van der Waals surface area contributed by atoms with Crippen LogP contribution < -0.4 is 9.80 Å². The molecule has 0 saturated carbocycles. The molecule has 324 valence electrons. The average Bonchev–Trinajstić information content (AvgIpc) is 3.43. The lowest BCUT2D eigenvalue weighted by Gasteiger charge is -2.33. The van der Waals surface area contributed by atoms with E-state index in [-0.39, 0.29) is 6.04 Å². The Morgan fingerprint density at radius 1 is 0.294 bits per heavy atom. The first-order valence-electron chi connectivity index (χ1n) is 23.5. The maximum absolute atomic E-state index is 2.48. The summed E-state index contributed by atoms with van der Waals surface area (Å²) in [6, 6.07) is 96.3. The van der Waals surface area contributed by atoms with Gasteiger partial charge in [-0.25, -0.2) is 0 Å².